The lowest BCUT2D eigenvalue weighted by Crippen LogP contribution is -2.42. The van der Waals surface area contributed by atoms with Crippen LogP contribution in [0.5, 0.6) is 0 Å². The number of likely N-dealkylation sites (tertiary alicyclic amines) is 1. The topological polar surface area (TPSA) is 75.7 Å². The Morgan fingerprint density at radius 2 is 2.13 bits per heavy atom. The molecular weight excluding hydrogens is 340 g/mol. The first-order chi connectivity index (χ1) is 10.7. The molecule has 1 aliphatic rings. The quantitative estimate of drug-likeness (QED) is 0.843. The van der Waals surface area contributed by atoms with Crippen molar-refractivity contribution in [1.82, 2.24) is 10.2 Å². The van der Waals surface area contributed by atoms with Crippen LogP contribution in [0.15, 0.2) is 12.1 Å². The average Bonchev–Trinajstić information content (AvgIpc) is 3.03. The van der Waals surface area contributed by atoms with Crippen LogP contribution in [0.3, 0.4) is 0 Å². The molecule has 1 aromatic heterocycles. The number of hydrogen-bond donors (Lipinski definition) is 1. The molecule has 1 saturated heterocycles. The molecule has 1 aromatic rings. The third kappa shape index (κ3) is 4.68. The SMILES string of the molecule is CC(C)(C)OC(=O)N1C[C@H](NC(=O)c2ccc(Cl)s2)C[C@H]1C=O. The number of carbonyl (C=O) groups excluding carboxylic acids is 3. The normalized spacial score (nSPS) is 21.1. The fraction of sp³-hybridized carbons (Fsp3) is 0.533. The van der Waals surface area contributed by atoms with Crippen LogP contribution in [0.25, 0.3) is 0 Å². The lowest BCUT2D eigenvalue weighted by molar-refractivity contribution is -0.111. The third-order valence-corrected chi connectivity index (χ3v) is 4.49. The van der Waals surface area contributed by atoms with Gasteiger partial charge in [0.05, 0.1) is 15.3 Å². The van der Waals surface area contributed by atoms with Crippen molar-refractivity contribution in [3.63, 3.8) is 0 Å². The molecule has 0 radical (unpaired) electrons. The van der Waals surface area contributed by atoms with Gasteiger partial charge in [-0.25, -0.2) is 4.79 Å². The molecule has 23 heavy (non-hydrogen) atoms. The van der Waals surface area contributed by atoms with Crippen LogP contribution in [0.2, 0.25) is 4.34 Å². The summed E-state index contributed by atoms with van der Waals surface area (Å²) in [6.45, 7) is 5.52. The Labute approximate surface area is 143 Å². The van der Waals surface area contributed by atoms with Crippen LogP contribution in [0, 0.1) is 0 Å². The van der Waals surface area contributed by atoms with Crippen molar-refractivity contribution in [3.05, 3.63) is 21.3 Å². The zero-order chi connectivity index (χ0) is 17.2. The molecule has 0 aromatic carbocycles. The molecule has 2 atom stereocenters. The lowest BCUT2D eigenvalue weighted by atomic mass is 10.2. The summed E-state index contributed by atoms with van der Waals surface area (Å²) in [5.41, 5.74) is -0.639. The van der Waals surface area contributed by atoms with E-state index in [0.29, 0.717) is 21.9 Å². The monoisotopic (exact) mass is 358 g/mol. The van der Waals surface area contributed by atoms with Crippen LogP contribution >= 0.6 is 22.9 Å². The first kappa shape index (κ1) is 17.7. The van der Waals surface area contributed by atoms with Crippen LogP contribution in [0.4, 0.5) is 4.79 Å². The van der Waals surface area contributed by atoms with Gasteiger partial charge in [0.15, 0.2) is 0 Å². The number of aldehydes is 1. The van der Waals surface area contributed by atoms with Crippen molar-refractivity contribution in [2.75, 3.05) is 6.54 Å². The van der Waals surface area contributed by atoms with Gasteiger partial charge < -0.3 is 14.8 Å². The second-order valence-electron chi connectivity index (χ2n) is 6.35. The third-order valence-electron chi connectivity index (χ3n) is 3.26. The predicted octanol–water partition coefficient (Wildman–Crippen LogP) is 2.71. The molecule has 2 heterocycles. The van der Waals surface area contributed by atoms with Gasteiger partial charge in [-0.2, -0.15) is 0 Å². The van der Waals surface area contributed by atoms with E-state index < -0.39 is 17.7 Å². The van der Waals surface area contributed by atoms with E-state index in [4.69, 9.17) is 16.3 Å². The summed E-state index contributed by atoms with van der Waals surface area (Å²) in [6, 6.07) is 2.39. The Morgan fingerprint density at radius 1 is 1.43 bits per heavy atom. The molecule has 2 rings (SSSR count). The number of hydrogen-bond acceptors (Lipinski definition) is 5. The smallest absolute Gasteiger partial charge is 0.410 e. The minimum absolute atomic E-state index is 0.239. The van der Waals surface area contributed by atoms with Gasteiger partial charge in [-0.15, -0.1) is 11.3 Å². The minimum Gasteiger partial charge on any atom is -0.444 e. The highest BCUT2D eigenvalue weighted by atomic mass is 35.5. The average molecular weight is 359 g/mol. The van der Waals surface area contributed by atoms with E-state index in [1.54, 1.807) is 32.9 Å². The van der Waals surface area contributed by atoms with Crippen molar-refractivity contribution in [2.24, 2.45) is 0 Å². The maximum Gasteiger partial charge on any atom is 0.410 e. The van der Waals surface area contributed by atoms with E-state index in [9.17, 15) is 14.4 Å². The number of carbonyl (C=O) groups is 3. The Hall–Kier alpha value is -1.60. The number of nitrogens with zero attached hydrogens (tertiary/aromatic N) is 1. The van der Waals surface area contributed by atoms with Crippen LogP contribution in [-0.2, 0) is 9.53 Å². The molecule has 0 saturated carbocycles. The van der Waals surface area contributed by atoms with Crippen LogP contribution < -0.4 is 5.32 Å². The van der Waals surface area contributed by atoms with Gasteiger partial charge in [0.25, 0.3) is 5.91 Å². The largest absolute Gasteiger partial charge is 0.444 e. The van der Waals surface area contributed by atoms with E-state index in [2.05, 4.69) is 5.32 Å². The van der Waals surface area contributed by atoms with Crippen LogP contribution in [0.1, 0.15) is 36.9 Å². The van der Waals surface area contributed by atoms with Gasteiger partial charge in [-0.3, -0.25) is 9.69 Å². The molecule has 0 aliphatic carbocycles. The van der Waals surface area contributed by atoms with Gasteiger partial charge >= 0.3 is 6.09 Å². The van der Waals surface area contributed by atoms with E-state index in [0.717, 1.165) is 0 Å². The van der Waals surface area contributed by atoms with Crippen LogP contribution in [-0.4, -0.2) is 47.4 Å². The fourth-order valence-corrected chi connectivity index (χ4v) is 3.27. The van der Waals surface area contributed by atoms with E-state index in [1.807, 2.05) is 0 Å². The zero-order valence-corrected chi connectivity index (χ0v) is 14.7. The molecule has 2 amide bonds. The van der Waals surface area contributed by atoms with E-state index in [-0.39, 0.29) is 18.5 Å². The molecule has 1 aliphatic heterocycles. The molecule has 1 N–H and O–H groups in total. The summed E-state index contributed by atoms with van der Waals surface area (Å²) in [6.07, 6.45) is 0.525. The summed E-state index contributed by atoms with van der Waals surface area (Å²) >= 11 is 7.00. The fourth-order valence-electron chi connectivity index (χ4n) is 2.32. The van der Waals surface area contributed by atoms with Crippen molar-refractivity contribution in [3.8, 4) is 0 Å². The minimum atomic E-state index is -0.639. The Balaban J connectivity index is 1.99. The Kier molecular flexibility index (Phi) is 5.31. The lowest BCUT2D eigenvalue weighted by Gasteiger charge is -2.26. The van der Waals surface area contributed by atoms with Gasteiger partial charge in [0, 0.05) is 12.6 Å². The molecule has 0 spiro atoms. The number of thiophene rings is 1. The highest BCUT2D eigenvalue weighted by Gasteiger charge is 2.38. The van der Waals surface area contributed by atoms with Crippen molar-refractivity contribution < 1.29 is 19.1 Å². The maximum atomic E-state index is 12.2. The van der Waals surface area contributed by atoms with Gasteiger partial charge in [-0.1, -0.05) is 11.6 Å². The van der Waals surface area contributed by atoms with Gasteiger partial charge in [0.1, 0.15) is 11.9 Å². The standard InChI is InChI=1S/C15H19ClN2O4S/c1-15(2,3)22-14(21)18-7-9(6-10(18)8-19)17-13(20)11-4-5-12(16)23-11/h4-5,8-10H,6-7H2,1-3H3,(H,17,20)/t9-,10+/m1/s1. The highest BCUT2D eigenvalue weighted by molar-refractivity contribution is 7.18. The Morgan fingerprint density at radius 3 is 2.65 bits per heavy atom. The molecule has 1 fully saturated rings. The number of amides is 2. The number of ether oxygens (including phenoxy) is 1. The molecule has 0 bridgehead atoms. The van der Waals surface area contributed by atoms with Crippen molar-refractivity contribution in [1.29, 1.82) is 0 Å². The van der Waals surface area contributed by atoms with E-state index in [1.165, 1.54) is 16.2 Å². The number of nitrogens with one attached hydrogen (secondary N) is 1. The molecular formula is C15H19ClN2O4S. The van der Waals surface area contributed by atoms with Gasteiger partial charge in [0.2, 0.25) is 0 Å². The first-order valence-corrected chi connectivity index (χ1v) is 8.40. The van der Waals surface area contributed by atoms with Gasteiger partial charge in [-0.05, 0) is 39.3 Å². The zero-order valence-electron chi connectivity index (χ0n) is 13.2. The first-order valence-electron chi connectivity index (χ1n) is 7.20. The highest BCUT2D eigenvalue weighted by Crippen LogP contribution is 2.23. The summed E-state index contributed by atoms with van der Waals surface area (Å²) < 4.78 is 5.83. The second-order valence-corrected chi connectivity index (χ2v) is 8.06. The second kappa shape index (κ2) is 6.88. The Bertz CT molecular complexity index is 611. The maximum absolute atomic E-state index is 12.2. The molecule has 8 heteroatoms. The molecule has 126 valence electrons. The van der Waals surface area contributed by atoms with Crippen molar-refractivity contribution >= 4 is 41.2 Å². The predicted molar refractivity (Wildman–Crippen MR) is 88.0 cm³/mol. The summed E-state index contributed by atoms with van der Waals surface area (Å²) in [5.74, 6) is -0.261. The summed E-state index contributed by atoms with van der Waals surface area (Å²) in [7, 11) is 0. The number of rotatable bonds is 3. The molecule has 0 unspecified atom stereocenters. The summed E-state index contributed by atoms with van der Waals surface area (Å²) in [5, 5.41) is 2.82. The molecule has 6 nitrogen and oxygen atoms in total. The van der Waals surface area contributed by atoms with E-state index >= 15 is 0 Å². The number of halogens is 1. The van der Waals surface area contributed by atoms with Crippen molar-refractivity contribution in [2.45, 2.75) is 44.9 Å². The summed E-state index contributed by atoms with van der Waals surface area (Å²) in [4.78, 5) is 37.3.